The molecule has 0 atom stereocenters. The summed E-state index contributed by atoms with van der Waals surface area (Å²) in [5.41, 5.74) is 1.60. The molecule has 7 nitrogen and oxygen atoms in total. The second-order valence-electron chi connectivity index (χ2n) is 4.40. The molecule has 0 saturated carbocycles. The van der Waals surface area contributed by atoms with Gasteiger partial charge in [-0.05, 0) is 20.8 Å². The summed E-state index contributed by atoms with van der Waals surface area (Å²) in [6.07, 6.45) is -0.631. The van der Waals surface area contributed by atoms with Gasteiger partial charge in [0.1, 0.15) is 5.60 Å². The molecule has 0 aromatic heterocycles. The third-order valence-corrected chi connectivity index (χ3v) is 1.49. The first-order valence-corrected chi connectivity index (χ1v) is 5.83. The molecule has 0 spiro atoms. The van der Waals surface area contributed by atoms with Gasteiger partial charge in [0.2, 0.25) is 0 Å². The van der Waals surface area contributed by atoms with Crippen LogP contribution < -0.4 is 5.48 Å². The van der Waals surface area contributed by atoms with Crippen molar-refractivity contribution in [2.45, 2.75) is 26.4 Å². The lowest BCUT2D eigenvalue weighted by Gasteiger charge is -2.19. The zero-order valence-electron chi connectivity index (χ0n) is 11.2. The third-order valence-electron chi connectivity index (χ3n) is 1.49. The summed E-state index contributed by atoms with van der Waals surface area (Å²) in [6.45, 7) is 6.99. The minimum atomic E-state index is -0.631. The maximum absolute atomic E-state index is 11.1. The quantitative estimate of drug-likeness (QED) is 0.465. The first kappa shape index (κ1) is 17.1. The summed E-state index contributed by atoms with van der Waals surface area (Å²) in [5.74, 6) is 0. The number of carbonyl (C=O) groups excluding carboxylic acids is 1. The molecule has 0 aromatic carbocycles. The normalized spacial score (nSPS) is 11.3. The Hall–Kier alpha value is -0.890. The monoisotopic (exact) mass is 265 g/mol. The van der Waals surface area contributed by atoms with Crippen molar-refractivity contribution in [3.63, 3.8) is 0 Å². The van der Waals surface area contributed by atoms with Crippen LogP contribution in [0, 0.1) is 0 Å². The first-order chi connectivity index (χ1) is 8.45. The molecular formula is C11H23NO6. The van der Waals surface area contributed by atoms with E-state index in [2.05, 4.69) is 5.48 Å². The van der Waals surface area contributed by atoms with Crippen molar-refractivity contribution < 1.29 is 28.9 Å². The van der Waals surface area contributed by atoms with Crippen LogP contribution in [0.5, 0.6) is 0 Å². The molecular weight excluding hydrogens is 242 g/mol. The number of hydrogen-bond acceptors (Lipinski definition) is 6. The molecule has 0 bridgehead atoms. The predicted molar refractivity (Wildman–Crippen MR) is 64.0 cm³/mol. The van der Waals surface area contributed by atoms with E-state index in [9.17, 15) is 4.79 Å². The van der Waals surface area contributed by atoms with Gasteiger partial charge in [-0.3, -0.25) is 4.84 Å². The van der Waals surface area contributed by atoms with Crippen molar-refractivity contribution in [2.75, 3.05) is 39.6 Å². The van der Waals surface area contributed by atoms with Crippen molar-refractivity contribution in [1.29, 1.82) is 0 Å². The van der Waals surface area contributed by atoms with Gasteiger partial charge in [0.15, 0.2) is 0 Å². The minimum Gasteiger partial charge on any atom is -0.442 e. The van der Waals surface area contributed by atoms with Crippen molar-refractivity contribution in [3.8, 4) is 0 Å². The highest BCUT2D eigenvalue weighted by Gasteiger charge is 2.15. The Balaban J connectivity index is 3.23. The highest BCUT2D eigenvalue weighted by atomic mass is 16.7. The molecule has 0 rings (SSSR count). The van der Waals surface area contributed by atoms with Gasteiger partial charge >= 0.3 is 6.09 Å². The van der Waals surface area contributed by atoms with Gasteiger partial charge in [0, 0.05) is 0 Å². The van der Waals surface area contributed by atoms with Gasteiger partial charge in [0.05, 0.1) is 39.6 Å². The molecule has 7 heteroatoms. The number of aliphatic hydroxyl groups is 1. The van der Waals surface area contributed by atoms with Gasteiger partial charge in [-0.2, -0.15) is 5.48 Å². The van der Waals surface area contributed by atoms with Gasteiger partial charge in [0.25, 0.3) is 0 Å². The first-order valence-electron chi connectivity index (χ1n) is 5.83. The zero-order valence-corrected chi connectivity index (χ0v) is 11.2. The largest absolute Gasteiger partial charge is 0.442 e. The SMILES string of the molecule is CC(C)(C)OC(=O)NOCCOCCOCCO. The summed E-state index contributed by atoms with van der Waals surface area (Å²) in [4.78, 5) is 16.0. The van der Waals surface area contributed by atoms with Crippen molar-refractivity contribution in [3.05, 3.63) is 0 Å². The van der Waals surface area contributed by atoms with E-state index in [1.807, 2.05) is 0 Å². The van der Waals surface area contributed by atoms with E-state index >= 15 is 0 Å². The molecule has 0 aliphatic carbocycles. The van der Waals surface area contributed by atoms with Crippen molar-refractivity contribution >= 4 is 6.09 Å². The second-order valence-corrected chi connectivity index (χ2v) is 4.40. The van der Waals surface area contributed by atoms with Gasteiger partial charge < -0.3 is 19.3 Å². The Labute approximate surface area is 107 Å². The van der Waals surface area contributed by atoms with E-state index in [1.54, 1.807) is 20.8 Å². The summed E-state index contributed by atoms with van der Waals surface area (Å²) in [5, 5.41) is 8.43. The maximum atomic E-state index is 11.1. The Morgan fingerprint density at radius 3 is 2.17 bits per heavy atom. The maximum Gasteiger partial charge on any atom is 0.431 e. The van der Waals surface area contributed by atoms with E-state index < -0.39 is 11.7 Å². The van der Waals surface area contributed by atoms with Gasteiger partial charge in [-0.1, -0.05) is 0 Å². The van der Waals surface area contributed by atoms with E-state index in [1.165, 1.54) is 0 Å². The fourth-order valence-corrected chi connectivity index (χ4v) is 0.896. The highest BCUT2D eigenvalue weighted by molar-refractivity contribution is 5.66. The van der Waals surface area contributed by atoms with E-state index in [0.717, 1.165) is 0 Å². The summed E-state index contributed by atoms with van der Waals surface area (Å²) in [7, 11) is 0. The Kier molecular flexibility index (Phi) is 9.57. The average molecular weight is 265 g/mol. The molecule has 18 heavy (non-hydrogen) atoms. The topological polar surface area (TPSA) is 86.3 Å². The fraction of sp³-hybridized carbons (Fsp3) is 0.909. The lowest BCUT2D eigenvalue weighted by Crippen LogP contribution is -2.33. The number of amides is 1. The standard InChI is InChI=1S/C11H23NO6/c1-11(2,3)18-10(14)12-17-9-8-16-7-6-15-5-4-13/h13H,4-9H2,1-3H3,(H,12,14). The Morgan fingerprint density at radius 1 is 1.06 bits per heavy atom. The lowest BCUT2D eigenvalue weighted by atomic mass is 10.2. The van der Waals surface area contributed by atoms with Crippen LogP contribution >= 0.6 is 0 Å². The number of aliphatic hydroxyl groups excluding tert-OH is 1. The number of carbonyl (C=O) groups is 1. The van der Waals surface area contributed by atoms with Gasteiger partial charge in [-0.25, -0.2) is 4.79 Å². The van der Waals surface area contributed by atoms with Crippen LogP contribution in [0.2, 0.25) is 0 Å². The van der Waals surface area contributed by atoms with Crippen molar-refractivity contribution in [2.24, 2.45) is 0 Å². The molecule has 0 radical (unpaired) electrons. The molecule has 0 aliphatic heterocycles. The molecule has 0 aromatic rings. The molecule has 0 fully saturated rings. The Bertz CT molecular complexity index is 216. The van der Waals surface area contributed by atoms with Gasteiger partial charge in [-0.15, -0.1) is 0 Å². The zero-order chi connectivity index (χ0) is 13.9. The molecule has 0 unspecified atom stereocenters. The van der Waals surface area contributed by atoms with Crippen LogP contribution in [0.1, 0.15) is 20.8 Å². The fourth-order valence-electron chi connectivity index (χ4n) is 0.896. The minimum absolute atomic E-state index is 0.00290. The smallest absolute Gasteiger partial charge is 0.431 e. The van der Waals surface area contributed by atoms with Crippen LogP contribution in [0.3, 0.4) is 0 Å². The molecule has 2 N–H and O–H groups in total. The molecule has 0 heterocycles. The second kappa shape index (κ2) is 10.1. The number of ether oxygens (including phenoxy) is 3. The summed E-state index contributed by atoms with van der Waals surface area (Å²) < 4.78 is 15.1. The molecule has 108 valence electrons. The number of nitrogens with one attached hydrogen (secondary N) is 1. The lowest BCUT2D eigenvalue weighted by molar-refractivity contribution is -0.0338. The third kappa shape index (κ3) is 13.2. The van der Waals surface area contributed by atoms with Crippen LogP contribution in [0.25, 0.3) is 0 Å². The molecule has 0 saturated heterocycles. The Morgan fingerprint density at radius 2 is 1.61 bits per heavy atom. The predicted octanol–water partition coefficient (Wildman–Crippen LogP) is 0.468. The number of rotatable bonds is 9. The van der Waals surface area contributed by atoms with Crippen LogP contribution in [0.15, 0.2) is 0 Å². The summed E-state index contributed by atoms with van der Waals surface area (Å²) >= 11 is 0. The van der Waals surface area contributed by atoms with Crippen LogP contribution in [-0.4, -0.2) is 56.4 Å². The summed E-state index contributed by atoms with van der Waals surface area (Å²) in [6, 6.07) is 0. The van der Waals surface area contributed by atoms with E-state index in [-0.39, 0.29) is 13.2 Å². The number of hydrogen-bond donors (Lipinski definition) is 2. The van der Waals surface area contributed by atoms with Crippen LogP contribution in [-0.2, 0) is 19.0 Å². The van der Waals surface area contributed by atoms with E-state index in [0.29, 0.717) is 26.4 Å². The molecule has 1 amide bonds. The van der Waals surface area contributed by atoms with Crippen LogP contribution in [0.4, 0.5) is 4.79 Å². The van der Waals surface area contributed by atoms with E-state index in [4.69, 9.17) is 24.2 Å². The molecule has 0 aliphatic rings. The van der Waals surface area contributed by atoms with Crippen molar-refractivity contribution in [1.82, 2.24) is 5.48 Å². The average Bonchev–Trinajstić information content (AvgIpc) is 2.24. The highest BCUT2D eigenvalue weighted by Crippen LogP contribution is 2.06. The number of hydroxylamine groups is 1.